The number of carbonyl (C=O) groups is 2. The van der Waals surface area contributed by atoms with Crippen molar-refractivity contribution in [2.24, 2.45) is 5.73 Å². The fourth-order valence-corrected chi connectivity index (χ4v) is 2.61. The van der Waals surface area contributed by atoms with E-state index in [-0.39, 0.29) is 12.0 Å². The molecule has 0 spiro atoms. The van der Waals surface area contributed by atoms with Crippen LogP contribution in [0.5, 0.6) is 5.75 Å². The standard InChI is InChI=1S/C19H20N2O4/c20-18(22)13-6-8-15(9-7-13)21-19(23)14-3-1-4-16(11-14)25-12-17-5-2-10-24-17/h1,3-4,6-9,11,17H,2,5,10,12H2,(H2,20,22)(H,21,23). The highest BCUT2D eigenvalue weighted by molar-refractivity contribution is 6.04. The van der Waals surface area contributed by atoms with Crippen LogP contribution in [-0.4, -0.2) is 31.1 Å². The van der Waals surface area contributed by atoms with E-state index < -0.39 is 5.91 Å². The van der Waals surface area contributed by atoms with Gasteiger partial charge < -0.3 is 20.5 Å². The monoisotopic (exact) mass is 340 g/mol. The zero-order valence-electron chi connectivity index (χ0n) is 13.7. The third-order valence-corrected chi connectivity index (χ3v) is 3.98. The predicted octanol–water partition coefficient (Wildman–Crippen LogP) is 2.60. The average molecular weight is 340 g/mol. The van der Waals surface area contributed by atoms with Gasteiger partial charge in [-0.15, -0.1) is 0 Å². The zero-order chi connectivity index (χ0) is 17.6. The highest BCUT2D eigenvalue weighted by Crippen LogP contribution is 2.18. The second-order valence-corrected chi connectivity index (χ2v) is 5.87. The maximum Gasteiger partial charge on any atom is 0.255 e. The Kier molecular flexibility index (Phi) is 5.30. The lowest BCUT2D eigenvalue weighted by Gasteiger charge is -2.12. The van der Waals surface area contributed by atoms with Gasteiger partial charge in [-0.1, -0.05) is 6.07 Å². The molecule has 0 saturated carbocycles. The molecule has 6 nitrogen and oxygen atoms in total. The van der Waals surface area contributed by atoms with E-state index in [1.807, 2.05) is 6.07 Å². The molecule has 1 heterocycles. The topological polar surface area (TPSA) is 90.7 Å². The van der Waals surface area contributed by atoms with E-state index in [4.69, 9.17) is 15.2 Å². The van der Waals surface area contributed by atoms with Gasteiger partial charge in [0.2, 0.25) is 5.91 Å². The minimum absolute atomic E-state index is 0.126. The summed E-state index contributed by atoms with van der Waals surface area (Å²) in [5, 5.41) is 2.78. The summed E-state index contributed by atoms with van der Waals surface area (Å²) >= 11 is 0. The summed E-state index contributed by atoms with van der Waals surface area (Å²) in [4.78, 5) is 23.4. The summed E-state index contributed by atoms with van der Waals surface area (Å²) in [7, 11) is 0. The first-order valence-corrected chi connectivity index (χ1v) is 8.17. The van der Waals surface area contributed by atoms with Crippen molar-refractivity contribution in [3.8, 4) is 5.75 Å². The molecular formula is C19H20N2O4. The van der Waals surface area contributed by atoms with Gasteiger partial charge in [0.25, 0.3) is 5.91 Å². The molecule has 2 aromatic rings. The van der Waals surface area contributed by atoms with Gasteiger partial charge in [0.15, 0.2) is 0 Å². The van der Waals surface area contributed by atoms with Gasteiger partial charge >= 0.3 is 0 Å². The molecular weight excluding hydrogens is 320 g/mol. The summed E-state index contributed by atoms with van der Waals surface area (Å²) in [5.41, 5.74) is 6.66. The molecule has 1 atom stereocenters. The van der Waals surface area contributed by atoms with Crippen LogP contribution in [0.4, 0.5) is 5.69 Å². The van der Waals surface area contributed by atoms with E-state index in [1.54, 1.807) is 42.5 Å². The molecule has 1 aliphatic heterocycles. The number of rotatable bonds is 6. The smallest absolute Gasteiger partial charge is 0.255 e. The number of carbonyl (C=O) groups excluding carboxylic acids is 2. The van der Waals surface area contributed by atoms with Crippen LogP contribution in [-0.2, 0) is 4.74 Å². The molecule has 1 saturated heterocycles. The second-order valence-electron chi connectivity index (χ2n) is 5.87. The largest absolute Gasteiger partial charge is 0.491 e. The van der Waals surface area contributed by atoms with E-state index in [0.717, 1.165) is 19.4 Å². The van der Waals surface area contributed by atoms with Crippen LogP contribution in [0, 0.1) is 0 Å². The molecule has 0 radical (unpaired) electrons. The van der Waals surface area contributed by atoms with Crippen LogP contribution in [0.1, 0.15) is 33.6 Å². The first-order chi connectivity index (χ1) is 12.1. The predicted molar refractivity (Wildman–Crippen MR) is 93.8 cm³/mol. The summed E-state index contributed by atoms with van der Waals surface area (Å²) in [6.07, 6.45) is 2.19. The van der Waals surface area contributed by atoms with Gasteiger partial charge in [0.05, 0.1) is 6.10 Å². The molecule has 130 valence electrons. The molecule has 2 amide bonds. The van der Waals surface area contributed by atoms with Crippen LogP contribution in [0.15, 0.2) is 48.5 Å². The molecule has 0 bridgehead atoms. The average Bonchev–Trinajstić information content (AvgIpc) is 3.14. The minimum atomic E-state index is -0.506. The lowest BCUT2D eigenvalue weighted by atomic mass is 10.1. The van der Waals surface area contributed by atoms with Crippen molar-refractivity contribution < 1.29 is 19.1 Å². The number of nitrogens with two attached hydrogens (primary N) is 1. The number of hydrogen-bond donors (Lipinski definition) is 2. The lowest BCUT2D eigenvalue weighted by Crippen LogP contribution is -2.17. The first-order valence-electron chi connectivity index (χ1n) is 8.17. The normalized spacial score (nSPS) is 16.4. The molecule has 1 aliphatic rings. The fraction of sp³-hybridized carbons (Fsp3) is 0.263. The lowest BCUT2D eigenvalue weighted by molar-refractivity contribution is 0.0679. The molecule has 1 fully saturated rings. The summed E-state index contributed by atoms with van der Waals surface area (Å²) in [5.74, 6) is -0.129. The van der Waals surface area contributed by atoms with Gasteiger partial charge in [-0.3, -0.25) is 9.59 Å². The van der Waals surface area contributed by atoms with Crippen molar-refractivity contribution in [2.75, 3.05) is 18.5 Å². The Bertz CT molecular complexity index is 752. The summed E-state index contributed by atoms with van der Waals surface area (Å²) in [6.45, 7) is 1.27. The highest BCUT2D eigenvalue weighted by Gasteiger charge is 2.16. The maximum atomic E-state index is 12.4. The molecule has 0 aromatic heterocycles. The Morgan fingerprint density at radius 3 is 2.64 bits per heavy atom. The number of nitrogens with one attached hydrogen (secondary N) is 1. The van der Waals surface area contributed by atoms with Crippen LogP contribution in [0.3, 0.4) is 0 Å². The molecule has 3 N–H and O–H groups in total. The van der Waals surface area contributed by atoms with Gasteiger partial charge in [0.1, 0.15) is 12.4 Å². The van der Waals surface area contributed by atoms with Crippen molar-refractivity contribution >= 4 is 17.5 Å². The van der Waals surface area contributed by atoms with Crippen LogP contribution < -0.4 is 15.8 Å². The van der Waals surface area contributed by atoms with E-state index in [1.165, 1.54) is 0 Å². The zero-order valence-corrected chi connectivity index (χ0v) is 13.7. The van der Waals surface area contributed by atoms with Crippen molar-refractivity contribution in [3.05, 3.63) is 59.7 Å². The number of anilines is 1. The first kappa shape index (κ1) is 17.0. The van der Waals surface area contributed by atoms with Crippen molar-refractivity contribution in [1.29, 1.82) is 0 Å². The minimum Gasteiger partial charge on any atom is -0.491 e. The van der Waals surface area contributed by atoms with E-state index in [0.29, 0.717) is 29.2 Å². The number of benzene rings is 2. The molecule has 2 aromatic carbocycles. The summed E-state index contributed by atoms with van der Waals surface area (Å²) < 4.78 is 11.2. The van der Waals surface area contributed by atoms with Crippen LogP contribution in [0.25, 0.3) is 0 Å². The van der Waals surface area contributed by atoms with E-state index in [9.17, 15) is 9.59 Å². The van der Waals surface area contributed by atoms with E-state index in [2.05, 4.69) is 5.32 Å². The molecule has 0 aliphatic carbocycles. The van der Waals surface area contributed by atoms with Crippen molar-refractivity contribution in [1.82, 2.24) is 0 Å². The second kappa shape index (κ2) is 7.81. The van der Waals surface area contributed by atoms with Gasteiger partial charge in [-0.2, -0.15) is 0 Å². The SMILES string of the molecule is NC(=O)c1ccc(NC(=O)c2cccc(OCC3CCCO3)c2)cc1. The Hall–Kier alpha value is -2.86. The number of amides is 2. The maximum absolute atomic E-state index is 12.4. The number of primary amides is 1. The van der Waals surface area contributed by atoms with E-state index >= 15 is 0 Å². The Labute approximate surface area is 145 Å². The highest BCUT2D eigenvalue weighted by atomic mass is 16.5. The summed E-state index contributed by atoms with van der Waals surface area (Å²) in [6, 6.07) is 13.4. The van der Waals surface area contributed by atoms with Gasteiger partial charge in [-0.05, 0) is 55.3 Å². The third kappa shape index (κ3) is 4.58. The molecule has 3 rings (SSSR count). The van der Waals surface area contributed by atoms with Gasteiger partial charge in [0, 0.05) is 23.4 Å². The van der Waals surface area contributed by atoms with Crippen molar-refractivity contribution in [3.63, 3.8) is 0 Å². The quantitative estimate of drug-likeness (QED) is 0.846. The van der Waals surface area contributed by atoms with Crippen LogP contribution >= 0.6 is 0 Å². The Balaban J connectivity index is 1.61. The Morgan fingerprint density at radius 2 is 1.96 bits per heavy atom. The number of hydrogen-bond acceptors (Lipinski definition) is 4. The molecule has 1 unspecified atom stereocenters. The number of ether oxygens (including phenoxy) is 2. The van der Waals surface area contributed by atoms with Crippen LogP contribution in [0.2, 0.25) is 0 Å². The molecule has 25 heavy (non-hydrogen) atoms. The van der Waals surface area contributed by atoms with Crippen molar-refractivity contribution in [2.45, 2.75) is 18.9 Å². The Morgan fingerprint density at radius 1 is 1.16 bits per heavy atom. The molecule has 6 heteroatoms. The van der Waals surface area contributed by atoms with Gasteiger partial charge in [-0.25, -0.2) is 0 Å². The fourth-order valence-electron chi connectivity index (χ4n) is 2.61. The third-order valence-electron chi connectivity index (χ3n) is 3.98.